The van der Waals surface area contributed by atoms with Crippen LogP contribution in [0.1, 0.15) is 23.6 Å². The second-order valence-electron chi connectivity index (χ2n) is 8.80. The number of amides is 1. The van der Waals surface area contributed by atoms with Gasteiger partial charge in [-0.15, -0.1) is 0 Å². The fraction of sp³-hybridized carbons (Fsp3) is 0.267. The Morgan fingerprint density at radius 2 is 1.76 bits per heavy atom. The van der Waals surface area contributed by atoms with Gasteiger partial charge in [-0.3, -0.25) is 14.5 Å². The SMILES string of the molecule is COc1ccc(C=CC(=O)Nc2ccccc2COc2ccc(CN3CCOCC3)cc2)cc1OC(C)=O. The van der Waals surface area contributed by atoms with Gasteiger partial charge in [0, 0.05) is 43.9 Å². The number of nitrogens with zero attached hydrogens (tertiary/aromatic N) is 1. The zero-order valence-electron chi connectivity index (χ0n) is 21.6. The van der Waals surface area contributed by atoms with Gasteiger partial charge in [-0.25, -0.2) is 0 Å². The maximum atomic E-state index is 12.6. The molecule has 0 spiro atoms. The molecule has 8 heteroatoms. The second-order valence-corrected chi connectivity index (χ2v) is 8.80. The third kappa shape index (κ3) is 7.93. The standard InChI is InChI=1S/C30H32N2O6/c1-22(33)38-29-19-23(9-13-28(29)35-2)10-14-30(34)31-27-6-4-3-5-25(27)21-37-26-11-7-24(8-12-26)20-32-15-17-36-18-16-32/h3-14,19H,15-18,20-21H2,1-2H3,(H,31,34). The Hall–Kier alpha value is -4.14. The minimum atomic E-state index is -0.454. The molecule has 198 valence electrons. The molecule has 1 N–H and O–H groups in total. The van der Waals surface area contributed by atoms with E-state index in [9.17, 15) is 9.59 Å². The molecular weight excluding hydrogens is 484 g/mol. The minimum absolute atomic E-state index is 0.291. The van der Waals surface area contributed by atoms with Crippen LogP contribution < -0.4 is 19.5 Å². The predicted octanol–water partition coefficient (Wildman–Crippen LogP) is 4.68. The van der Waals surface area contributed by atoms with E-state index in [1.165, 1.54) is 25.7 Å². The van der Waals surface area contributed by atoms with E-state index >= 15 is 0 Å². The van der Waals surface area contributed by atoms with Crippen LogP contribution in [0.15, 0.2) is 72.8 Å². The van der Waals surface area contributed by atoms with Gasteiger partial charge in [-0.05, 0) is 47.5 Å². The molecule has 0 unspecified atom stereocenters. The zero-order valence-corrected chi connectivity index (χ0v) is 21.6. The average Bonchev–Trinajstić information content (AvgIpc) is 2.92. The van der Waals surface area contributed by atoms with Crippen molar-refractivity contribution in [3.05, 3.63) is 89.5 Å². The van der Waals surface area contributed by atoms with Crippen LogP contribution in [0.2, 0.25) is 0 Å². The van der Waals surface area contributed by atoms with Crippen molar-refractivity contribution in [1.82, 2.24) is 4.90 Å². The van der Waals surface area contributed by atoms with E-state index in [0.29, 0.717) is 29.4 Å². The van der Waals surface area contributed by atoms with Crippen LogP contribution in [0.3, 0.4) is 0 Å². The molecule has 0 aliphatic carbocycles. The molecule has 0 radical (unpaired) electrons. The van der Waals surface area contributed by atoms with Crippen LogP contribution in [0.4, 0.5) is 5.69 Å². The van der Waals surface area contributed by atoms with Crippen molar-refractivity contribution in [2.45, 2.75) is 20.1 Å². The third-order valence-corrected chi connectivity index (χ3v) is 5.97. The Labute approximate surface area is 222 Å². The van der Waals surface area contributed by atoms with E-state index in [1.54, 1.807) is 24.3 Å². The molecule has 1 fully saturated rings. The van der Waals surface area contributed by atoms with Crippen LogP contribution in [-0.4, -0.2) is 50.2 Å². The number of benzene rings is 3. The number of para-hydroxylation sites is 1. The molecule has 3 aromatic rings. The second kappa shape index (κ2) is 13.4. The number of carbonyl (C=O) groups excluding carboxylic acids is 2. The van der Waals surface area contributed by atoms with Gasteiger partial charge in [0.25, 0.3) is 0 Å². The summed E-state index contributed by atoms with van der Waals surface area (Å²) in [6, 6.07) is 20.7. The summed E-state index contributed by atoms with van der Waals surface area (Å²) in [5, 5.41) is 2.91. The van der Waals surface area contributed by atoms with E-state index in [1.807, 2.05) is 36.4 Å². The third-order valence-electron chi connectivity index (χ3n) is 5.97. The van der Waals surface area contributed by atoms with Gasteiger partial charge in [0.15, 0.2) is 11.5 Å². The fourth-order valence-corrected chi connectivity index (χ4v) is 4.02. The van der Waals surface area contributed by atoms with E-state index in [0.717, 1.165) is 44.2 Å². The summed E-state index contributed by atoms with van der Waals surface area (Å²) in [5.41, 5.74) is 3.44. The number of hydrogen-bond acceptors (Lipinski definition) is 7. The van der Waals surface area contributed by atoms with Crippen LogP contribution in [0, 0.1) is 0 Å². The molecule has 1 amide bonds. The maximum absolute atomic E-state index is 12.6. The zero-order chi connectivity index (χ0) is 26.7. The molecular formula is C30H32N2O6. The number of esters is 1. The quantitative estimate of drug-likeness (QED) is 0.238. The van der Waals surface area contributed by atoms with Crippen molar-refractivity contribution < 1.29 is 28.5 Å². The number of anilines is 1. The van der Waals surface area contributed by atoms with Crippen molar-refractivity contribution >= 4 is 23.6 Å². The lowest BCUT2D eigenvalue weighted by Crippen LogP contribution is -2.35. The molecule has 3 aromatic carbocycles. The van der Waals surface area contributed by atoms with E-state index in [-0.39, 0.29) is 5.91 Å². The largest absolute Gasteiger partial charge is 0.493 e. The normalized spacial score (nSPS) is 13.7. The summed E-state index contributed by atoms with van der Waals surface area (Å²) in [4.78, 5) is 26.4. The van der Waals surface area contributed by atoms with Gasteiger partial charge in [0.1, 0.15) is 12.4 Å². The van der Waals surface area contributed by atoms with Crippen LogP contribution in [0.25, 0.3) is 6.08 Å². The maximum Gasteiger partial charge on any atom is 0.308 e. The number of methoxy groups -OCH3 is 1. The lowest BCUT2D eigenvalue weighted by molar-refractivity contribution is -0.132. The highest BCUT2D eigenvalue weighted by Gasteiger charge is 2.11. The lowest BCUT2D eigenvalue weighted by Gasteiger charge is -2.26. The van der Waals surface area contributed by atoms with Gasteiger partial charge >= 0.3 is 5.97 Å². The van der Waals surface area contributed by atoms with Crippen molar-refractivity contribution in [1.29, 1.82) is 0 Å². The Morgan fingerprint density at radius 3 is 2.50 bits per heavy atom. The Morgan fingerprint density at radius 1 is 1.00 bits per heavy atom. The molecule has 0 bridgehead atoms. The average molecular weight is 517 g/mol. The van der Waals surface area contributed by atoms with Gasteiger partial charge in [-0.1, -0.05) is 36.4 Å². The molecule has 0 atom stereocenters. The fourth-order valence-electron chi connectivity index (χ4n) is 4.02. The van der Waals surface area contributed by atoms with Gasteiger partial charge in [0.2, 0.25) is 5.91 Å². The first-order valence-electron chi connectivity index (χ1n) is 12.5. The molecule has 1 aliphatic rings. The Bertz CT molecular complexity index is 1270. The van der Waals surface area contributed by atoms with Gasteiger partial charge in [0.05, 0.1) is 20.3 Å². The highest BCUT2D eigenvalue weighted by Crippen LogP contribution is 2.29. The van der Waals surface area contributed by atoms with Crippen molar-refractivity contribution in [3.63, 3.8) is 0 Å². The van der Waals surface area contributed by atoms with Crippen LogP contribution in [-0.2, 0) is 27.5 Å². The van der Waals surface area contributed by atoms with Crippen molar-refractivity contribution in [3.8, 4) is 17.2 Å². The highest BCUT2D eigenvalue weighted by molar-refractivity contribution is 6.02. The molecule has 0 aromatic heterocycles. The summed E-state index contributed by atoms with van der Waals surface area (Å²) >= 11 is 0. The van der Waals surface area contributed by atoms with Gasteiger partial charge in [-0.2, -0.15) is 0 Å². The van der Waals surface area contributed by atoms with Crippen LogP contribution >= 0.6 is 0 Å². The van der Waals surface area contributed by atoms with E-state index in [4.69, 9.17) is 18.9 Å². The van der Waals surface area contributed by atoms with Crippen molar-refractivity contribution in [2.24, 2.45) is 0 Å². The lowest BCUT2D eigenvalue weighted by atomic mass is 10.1. The highest BCUT2D eigenvalue weighted by atomic mass is 16.6. The topological polar surface area (TPSA) is 86.3 Å². The summed E-state index contributed by atoms with van der Waals surface area (Å²) in [6.45, 7) is 5.99. The molecule has 38 heavy (non-hydrogen) atoms. The molecule has 0 saturated carbocycles. The predicted molar refractivity (Wildman–Crippen MR) is 145 cm³/mol. The minimum Gasteiger partial charge on any atom is -0.493 e. The molecule has 8 nitrogen and oxygen atoms in total. The van der Waals surface area contributed by atoms with Crippen molar-refractivity contribution in [2.75, 3.05) is 38.7 Å². The Balaban J connectivity index is 1.34. The number of ether oxygens (including phenoxy) is 4. The summed E-state index contributed by atoms with van der Waals surface area (Å²) in [7, 11) is 1.49. The molecule has 1 aliphatic heterocycles. The molecule has 1 heterocycles. The first-order chi connectivity index (χ1) is 18.5. The summed E-state index contributed by atoms with van der Waals surface area (Å²) < 4.78 is 21.8. The smallest absolute Gasteiger partial charge is 0.308 e. The molecule has 1 saturated heterocycles. The monoisotopic (exact) mass is 516 g/mol. The van der Waals surface area contributed by atoms with Gasteiger partial charge < -0.3 is 24.3 Å². The summed E-state index contributed by atoms with van der Waals surface area (Å²) in [6.07, 6.45) is 3.06. The summed E-state index contributed by atoms with van der Waals surface area (Å²) in [5.74, 6) is 0.737. The first kappa shape index (κ1) is 26.9. The first-order valence-corrected chi connectivity index (χ1v) is 12.5. The number of hydrogen-bond donors (Lipinski definition) is 1. The number of morpholine rings is 1. The molecule has 4 rings (SSSR count). The number of carbonyl (C=O) groups is 2. The van der Waals surface area contributed by atoms with E-state index < -0.39 is 5.97 Å². The number of nitrogens with one attached hydrogen (secondary N) is 1. The Kier molecular flexibility index (Phi) is 9.50. The van der Waals surface area contributed by atoms with E-state index in [2.05, 4.69) is 22.3 Å². The number of rotatable bonds is 10. The van der Waals surface area contributed by atoms with Crippen LogP contribution in [0.5, 0.6) is 17.2 Å².